The van der Waals surface area contributed by atoms with Gasteiger partial charge in [0, 0.05) is 111 Å². The van der Waals surface area contributed by atoms with Crippen molar-refractivity contribution in [1.29, 1.82) is 0 Å². The predicted molar refractivity (Wildman–Crippen MR) is 341 cm³/mol. The Kier molecular flexibility index (Phi) is 65.6. The fourth-order valence-corrected chi connectivity index (χ4v) is 7.35. The fraction of sp³-hybridized carbons (Fsp3) is 0.852. The minimum absolute atomic E-state index is 0. The van der Waals surface area contributed by atoms with E-state index in [1.807, 2.05) is 67.1 Å². The summed E-state index contributed by atoms with van der Waals surface area (Å²) >= 11 is 0. The molecule has 0 unspecified atom stereocenters. The molecule has 456 valence electrons. The second-order valence-electron chi connectivity index (χ2n) is 21.3. The molecule has 0 amide bonds. The van der Waals surface area contributed by atoms with Gasteiger partial charge in [0.05, 0.1) is 19.5 Å². The van der Waals surface area contributed by atoms with Gasteiger partial charge >= 0.3 is 0 Å². The molecule has 6 aliphatic rings. The first-order valence-electron chi connectivity index (χ1n) is 29.0. The van der Waals surface area contributed by atoms with E-state index < -0.39 is 0 Å². The molecular weight excluding hydrogens is 945 g/mol. The Balaban J connectivity index is -0.000000243. The van der Waals surface area contributed by atoms with Crippen LogP contribution >= 0.6 is 0 Å². The average molecular weight is 1080 g/mol. The highest BCUT2D eigenvalue weighted by Gasteiger charge is 2.12. The van der Waals surface area contributed by atoms with E-state index >= 15 is 0 Å². The summed E-state index contributed by atoms with van der Waals surface area (Å²) in [5, 5.41) is 2.90. The molecule has 8 rings (SSSR count). The SMILES string of the molecule is C.C.C=CCNC.CC1CCN(C)CC1.CCCN(C)C.CCN(C)CC.CCN1CCN(C)CC1.CN1CCCC1.CN1CCCCC1.CN1CCN(C)CC1.CN1CCOCC1.Cn1cccc1.Cn1ccnc1. The van der Waals surface area contributed by atoms with Gasteiger partial charge in [-0.25, -0.2) is 4.98 Å². The molecule has 8 heterocycles. The summed E-state index contributed by atoms with van der Waals surface area (Å²) in [7, 11) is 27.3. The number of hydrogen-bond acceptors (Lipinski definition) is 13. The highest BCUT2D eigenvalue weighted by Crippen LogP contribution is 2.13. The Hall–Kier alpha value is -2.25. The van der Waals surface area contributed by atoms with E-state index in [4.69, 9.17) is 4.74 Å². The molecule has 0 aliphatic carbocycles. The van der Waals surface area contributed by atoms with E-state index in [-0.39, 0.29) is 14.9 Å². The van der Waals surface area contributed by atoms with Gasteiger partial charge in [0.1, 0.15) is 0 Å². The van der Waals surface area contributed by atoms with Crippen molar-refractivity contribution in [2.24, 2.45) is 20.0 Å². The van der Waals surface area contributed by atoms with Crippen LogP contribution in [0.1, 0.15) is 101 Å². The number of hydrogen-bond donors (Lipinski definition) is 1. The van der Waals surface area contributed by atoms with Crippen molar-refractivity contribution in [3.05, 3.63) is 55.9 Å². The van der Waals surface area contributed by atoms with Crippen molar-refractivity contribution in [1.82, 2.24) is 68.4 Å². The molecular formula is C61H136N14O. The van der Waals surface area contributed by atoms with Gasteiger partial charge in [0.15, 0.2) is 0 Å². The van der Waals surface area contributed by atoms with Crippen LogP contribution in [0.25, 0.3) is 0 Å². The fourth-order valence-electron chi connectivity index (χ4n) is 7.35. The third-order valence-corrected chi connectivity index (χ3v) is 13.4. The summed E-state index contributed by atoms with van der Waals surface area (Å²) < 4.78 is 8.99. The van der Waals surface area contributed by atoms with Gasteiger partial charge in [-0.15, -0.1) is 6.58 Å². The topological polar surface area (TPSA) is 76.4 Å². The number of imidazole rings is 1. The van der Waals surface area contributed by atoms with Crippen molar-refractivity contribution >= 4 is 0 Å². The monoisotopic (exact) mass is 1080 g/mol. The first-order valence-corrected chi connectivity index (χ1v) is 29.0. The summed E-state index contributed by atoms with van der Waals surface area (Å²) in [5.74, 6) is 0.978. The number of likely N-dealkylation sites (tertiary alicyclic amines) is 3. The van der Waals surface area contributed by atoms with Crippen LogP contribution in [0.3, 0.4) is 0 Å². The van der Waals surface area contributed by atoms with Gasteiger partial charge in [-0.2, -0.15) is 0 Å². The Morgan fingerprint density at radius 1 is 0.553 bits per heavy atom. The van der Waals surface area contributed by atoms with Crippen LogP contribution in [-0.2, 0) is 18.8 Å². The molecule has 0 spiro atoms. The van der Waals surface area contributed by atoms with Crippen molar-refractivity contribution in [3.8, 4) is 0 Å². The van der Waals surface area contributed by atoms with E-state index in [1.54, 1.807) is 12.5 Å². The zero-order chi connectivity index (χ0) is 56.2. The van der Waals surface area contributed by atoms with Crippen LogP contribution in [0.5, 0.6) is 0 Å². The molecule has 0 bridgehead atoms. The maximum absolute atomic E-state index is 5.10. The van der Waals surface area contributed by atoms with E-state index in [0.29, 0.717) is 0 Å². The second-order valence-corrected chi connectivity index (χ2v) is 21.3. The largest absolute Gasteiger partial charge is 0.379 e. The lowest BCUT2D eigenvalue weighted by molar-refractivity contribution is 0.0503. The number of morpholine rings is 1. The first-order chi connectivity index (χ1) is 35.4. The van der Waals surface area contributed by atoms with E-state index in [9.17, 15) is 0 Å². The minimum Gasteiger partial charge on any atom is -0.379 e. The Labute approximate surface area is 476 Å². The molecule has 2 aromatic heterocycles. The van der Waals surface area contributed by atoms with Crippen molar-refractivity contribution in [2.75, 3.05) is 228 Å². The molecule has 0 atom stereocenters. The quantitative estimate of drug-likeness (QED) is 0.271. The van der Waals surface area contributed by atoms with Crippen molar-refractivity contribution in [3.63, 3.8) is 0 Å². The summed E-state index contributed by atoms with van der Waals surface area (Å²) in [5.41, 5.74) is 0. The third-order valence-electron chi connectivity index (χ3n) is 13.4. The number of ether oxygens (including phenoxy) is 1. The first kappa shape index (κ1) is 82.6. The second kappa shape index (κ2) is 60.4. The van der Waals surface area contributed by atoms with Crippen molar-refractivity contribution in [2.45, 2.75) is 101 Å². The molecule has 6 fully saturated rings. The zero-order valence-corrected chi connectivity index (χ0v) is 52.5. The van der Waals surface area contributed by atoms with Crippen LogP contribution in [0.2, 0.25) is 0 Å². The lowest BCUT2D eigenvalue weighted by atomic mass is 10.00. The minimum atomic E-state index is 0. The van der Waals surface area contributed by atoms with Gasteiger partial charge in [-0.05, 0) is 206 Å². The maximum Gasteiger partial charge on any atom is 0.0943 e. The summed E-state index contributed by atoms with van der Waals surface area (Å²) in [6.45, 7) is 42.0. The summed E-state index contributed by atoms with van der Waals surface area (Å²) in [4.78, 5) is 27.2. The average Bonchev–Trinajstić information content (AvgIpc) is 4.22. The lowest BCUT2D eigenvalue weighted by Gasteiger charge is -2.31. The molecule has 2 aromatic rings. The predicted octanol–water partition coefficient (Wildman–Crippen LogP) is 8.25. The van der Waals surface area contributed by atoms with Gasteiger partial charge in [0.25, 0.3) is 0 Å². The van der Waals surface area contributed by atoms with Crippen LogP contribution in [0.15, 0.2) is 55.9 Å². The van der Waals surface area contributed by atoms with Crippen molar-refractivity contribution < 1.29 is 4.74 Å². The lowest BCUT2D eigenvalue weighted by Crippen LogP contribution is -2.44. The zero-order valence-electron chi connectivity index (χ0n) is 52.5. The Morgan fingerprint density at radius 3 is 1.13 bits per heavy atom. The van der Waals surface area contributed by atoms with Gasteiger partial charge in [-0.3, -0.25) is 0 Å². The molecule has 0 aromatic carbocycles. The Morgan fingerprint density at radius 2 is 0.947 bits per heavy atom. The highest BCUT2D eigenvalue weighted by molar-refractivity contribution is 4.88. The molecule has 15 nitrogen and oxygen atoms in total. The number of aryl methyl sites for hydroxylation is 2. The maximum atomic E-state index is 5.10. The number of aromatic nitrogens is 3. The van der Waals surface area contributed by atoms with Crippen LogP contribution in [0, 0.1) is 5.92 Å². The highest BCUT2D eigenvalue weighted by atomic mass is 16.5. The normalized spacial score (nSPS) is 18.6. The molecule has 0 saturated carbocycles. The third kappa shape index (κ3) is 62.6. The molecule has 6 saturated heterocycles. The molecule has 15 heteroatoms. The van der Waals surface area contributed by atoms with E-state index in [0.717, 1.165) is 51.9 Å². The van der Waals surface area contributed by atoms with E-state index in [1.165, 1.54) is 156 Å². The Bertz CT molecular complexity index is 1220. The van der Waals surface area contributed by atoms with Gasteiger partial charge < -0.3 is 68.2 Å². The molecule has 76 heavy (non-hydrogen) atoms. The summed E-state index contributed by atoms with van der Waals surface area (Å²) in [6, 6.07) is 4.00. The smallest absolute Gasteiger partial charge is 0.0943 e. The number of nitrogens with one attached hydrogen (secondary N) is 1. The van der Waals surface area contributed by atoms with Crippen LogP contribution in [-0.4, -0.2) is 291 Å². The number of likely N-dealkylation sites (N-methyl/N-ethyl adjacent to an activating group) is 6. The number of nitrogens with zero attached hydrogens (tertiary/aromatic N) is 13. The summed E-state index contributed by atoms with van der Waals surface area (Å²) in [6.07, 6.45) is 22.4. The van der Waals surface area contributed by atoms with Gasteiger partial charge in [-0.1, -0.05) is 62.0 Å². The molecule has 6 aliphatic heterocycles. The molecule has 0 radical (unpaired) electrons. The van der Waals surface area contributed by atoms with Gasteiger partial charge in [0.2, 0.25) is 0 Å². The number of piperazine rings is 2. The standard InChI is InChI=1S/C7H16N2.C7H15N.C6H14N2.C6H13N.C5H11NO.C5H11N.C5H7N.2C5H13N.C4H6N2.C4H9N.2CH4/c1-3-9-6-4-8(2)5-7-9;2*1-7-3-5-8(2)6-4-7;1-7-5-3-2-4-6-7;1-6-2-4-7-5-3-6;2*1-6-4-2-3-5-6;1-4-5-6(2)3;1-4-6(3)5-2;1-6-3-2-5-4-6;1-3-4-5-2;;/h3-7H2,1-2H3;7H,3-6H2,1-2H3;3-6H2,1-2H3;2-6H2,1H3;2-5H2,1H3;2-5H2,1H3;2-5H,1H3;2*4-5H2,1-3H3;2-4H,1H3;3,5H,1,4H2,2H3;2*1H4. The number of piperidine rings is 2. The number of rotatable bonds is 7. The molecule has 1 N–H and O–H groups in total. The van der Waals surface area contributed by atoms with E-state index in [2.05, 4.69) is 171 Å². The van der Waals surface area contributed by atoms with Crippen LogP contribution < -0.4 is 5.32 Å². The van der Waals surface area contributed by atoms with Crippen LogP contribution in [0.4, 0.5) is 0 Å².